The summed E-state index contributed by atoms with van der Waals surface area (Å²) >= 11 is 0. The third-order valence-electron chi connectivity index (χ3n) is 5.36. The maximum Gasteiger partial charge on any atom is 0.511 e. The lowest BCUT2D eigenvalue weighted by Gasteiger charge is -2.32. The first kappa shape index (κ1) is 25.7. The van der Waals surface area contributed by atoms with Crippen LogP contribution in [0.4, 0.5) is 13.2 Å². The largest absolute Gasteiger partial charge is 0.511 e. The van der Waals surface area contributed by atoms with Gasteiger partial charge in [-0.05, 0) is 43.4 Å². The zero-order valence-electron chi connectivity index (χ0n) is 16.7. The molecule has 0 aromatic carbocycles. The molecule has 0 aliphatic carbocycles. The van der Waals surface area contributed by atoms with Crippen molar-refractivity contribution < 1.29 is 21.6 Å². The van der Waals surface area contributed by atoms with Crippen molar-refractivity contribution in [3.8, 4) is 0 Å². The number of nitrogens with one attached hydrogen (secondary N) is 1. The summed E-state index contributed by atoms with van der Waals surface area (Å²) in [4.78, 5) is 6.56. The first-order valence-corrected chi connectivity index (χ1v) is 11.0. The fourth-order valence-electron chi connectivity index (χ4n) is 3.95. The van der Waals surface area contributed by atoms with E-state index in [1.165, 1.54) is 6.42 Å². The second-order valence-electron chi connectivity index (χ2n) is 7.95. The van der Waals surface area contributed by atoms with Gasteiger partial charge in [-0.3, -0.25) is 4.99 Å². The van der Waals surface area contributed by atoms with Crippen LogP contribution in [0.1, 0.15) is 39.5 Å². The molecular weight excluding hydrogens is 508 g/mol. The fraction of sp³-hybridized carbons (Fsp3) is 0.941. The molecule has 166 valence electrons. The molecule has 0 bridgehead atoms. The molecule has 2 aliphatic heterocycles. The van der Waals surface area contributed by atoms with Crippen LogP contribution in [-0.4, -0.2) is 68.9 Å². The van der Waals surface area contributed by atoms with Crippen LogP contribution in [0.3, 0.4) is 0 Å². The van der Waals surface area contributed by atoms with Crippen molar-refractivity contribution in [3.05, 3.63) is 0 Å². The number of alkyl halides is 3. The number of likely N-dealkylation sites (tertiary alicyclic amines) is 1. The molecule has 1 unspecified atom stereocenters. The van der Waals surface area contributed by atoms with Crippen molar-refractivity contribution in [1.29, 1.82) is 0 Å². The van der Waals surface area contributed by atoms with E-state index in [0.29, 0.717) is 35.5 Å². The van der Waals surface area contributed by atoms with Crippen molar-refractivity contribution in [2.24, 2.45) is 22.7 Å². The van der Waals surface area contributed by atoms with Crippen LogP contribution in [0.25, 0.3) is 0 Å². The van der Waals surface area contributed by atoms with Crippen LogP contribution >= 0.6 is 24.0 Å². The second kappa shape index (κ2) is 10.6. The molecular formula is C17H32F3IN4O2S. The second-order valence-corrected chi connectivity index (χ2v) is 9.88. The quantitative estimate of drug-likeness (QED) is 0.331. The van der Waals surface area contributed by atoms with Crippen LogP contribution < -0.4 is 5.32 Å². The molecule has 0 spiro atoms. The topological polar surface area (TPSA) is 65.0 Å². The standard InChI is InChI=1S/C17H31F3N4O2S.HI/c1-13(2)10-15-4-7-23(12-15)16(21-3)22-11-14-5-8-24(9-6-14)27(25,26)17(18,19)20;/h13-15H,4-12H2,1-3H3,(H,21,22);1H. The first-order chi connectivity index (χ1) is 12.5. The minimum Gasteiger partial charge on any atom is -0.356 e. The highest BCUT2D eigenvalue weighted by Crippen LogP contribution is 2.30. The summed E-state index contributed by atoms with van der Waals surface area (Å²) in [6, 6.07) is 0. The van der Waals surface area contributed by atoms with Crippen molar-refractivity contribution >= 4 is 40.0 Å². The van der Waals surface area contributed by atoms with Crippen LogP contribution in [0.5, 0.6) is 0 Å². The van der Waals surface area contributed by atoms with E-state index in [2.05, 4.69) is 29.1 Å². The van der Waals surface area contributed by atoms with Crippen LogP contribution in [0.15, 0.2) is 4.99 Å². The molecule has 6 nitrogen and oxygen atoms in total. The zero-order chi connectivity index (χ0) is 20.2. The van der Waals surface area contributed by atoms with E-state index >= 15 is 0 Å². The number of rotatable bonds is 5. The van der Waals surface area contributed by atoms with E-state index in [1.807, 2.05) is 0 Å². The highest BCUT2D eigenvalue weighted by atomic mass is 127. The van der Waals surface area contributed by atoms with Crippen LogP contribution in [0.2, 0.25) is 0 Å². The van der Waals surface area contributed by atoms with Crippen molar-refractivity contribution in [3.63, 3.8) is 0 Å². The van der Waals surface area contributed by atoms with E-state index in [1.54, 1.807) is 7.05 Å². The van der Waals surface area contributed by atoms with Crippen molar-refractivity contribution in [1.82, 2.24) is 14.5 Å². The molecule has 11 heteroatoms. The Balaban J connectivity index is 0.00000392. The Bertz CT molecular complexity index is 620. The highest BCUT2D eigenvalue weighted by Gasteiger charge is 2.50. The van der Waals surface area contributed by atoms with Gasteiger partial charge in [0.2, 0.25) is 0 Å². The number of hydrogen-bond donors (Lipinski definition) is 1. The summed E-state index contributed by atoms with van der Waals surface area (Å²) in [5.41, 5.74) is -5.22. The normalized spacial score (nSPS) is 23.2. The monoisotopic (exact) mass is 540 g/mol. The number of nitrogens with zero attached hydrogens (tertiary/aromatic N) is 3. The van der Waals surface area contributed by atoms with Gasteiger partial charge in [0.1, 0.15) is 0 Å². The highest BCUT2D eigenvalue weighted by molar-refractivity contribution is 14.0. The Kier molecular flexibility index (Phi) is 9.79. The number of guanidine groups is 1. The zero-order valence-corrected chi connectivity index (χ0v) is 19.9. The van der Waals surface area contributed by atoms with E-state index in [0.717, 1.165) is 25.5 Å². The van der Waals surface area contributed by atoms with E-state index in [4.69, 9.17) is 0 Å². The molecule has 0 aromatic rings. The maximum absolute atomic E-state index is 12.6. The lowest BCUT2D eigenvalue weighted by Crippen LogP contribution is -2.47. The molecule has 0 radical (unpaired) electrons. The van der Waals surface area contributed by atoms with Gasteiger partial charge >= 0.3 is 15.5 Å². The number of halogens is 4. The van der Waals surface area contributed by atoms with E-state index in [-0.39, 0.29) is 43.0 Å². The van der Waals surface area contributed by atoms with E-state index < -0.39 is 15.5 Å². The van der Waals surface area contributed by atoms with Gasteiger partial charge in [-0.2, -0.15) is 17.5 Å². The Morgan fingerprint density at radius 2 is 1.71 bits per heavy atom. The summed E-state index contributed by atoms with van der Waals surface area (Å²) < 4.78 is 61.4. The van der Waals surface area contributed by atoms with Crippen molar-refractivity contribution in [2.45, 2.75) is 45.0 Å². The molecule has 0 saturated carbocycles. The third kappa shape index (κ3) is 6.61. The fourth-order valence-corrected chi connectivity index (χ4v) is 4.94. The van der Waals surface area contributed by atoms with Crippen molar-refractivity contribution in [2.75, 3.05) is 39.8 Å². The SMILES string of the molecule is CN=C(NCC1CCN(S(=O)(=O)C(F)(F)F)CC1)N1CCC(CC(C)C)C1.I. The molecule has 2 heterocycles. The smallest absolute Gasteiger partial charge is 0.356 e. The van der Waals surface area contributed by atoms with Gasteiger partial charge in [-0.1, -0.05) is 13.8 Å². The number of piperidine rings is 1. The molecule has 2 fully saturated rings. The Morgan fingerprint density at radius 1 is 1.14 bits per heavy atom. The average molecular weight is 540 g/mol. The molecule has 0 aromatic heterocycles. The summed E-state index contributed by atoms with van der Waals surface area (Å²) in [6.07, 6.45) is 3.16. The van der Waals surface area contributed by atoms with Gasteiger partial charge in [-0.15, -0.1) is 24.0 Å². The predicted molar refractivity (Wildman–Crippen MR) is 115 cm³/mol. The Hall–Kier alpha value is -0.300. The van der Waals surface area contributed by atoms with Crippen LogP contribution in [-0.2, 0) is 10.0 Å². The van der Waals surface area contributed by atoms with E-state index in [9.17, 15) is 21.6 Å². The van der Waals surface area contributed by atoms with Gasteiger partial charge in [-0.25, -0.2) is 8.42 Å². The number of sulfonamides is 1. The molecule has 28 heavy (non-hydrogen) atoms. The minimum atomic E-state index is -5.22. The van der Waals surface area contributed by atoms with Gasteiger partial charge < -0.3 is 10.2 Å². The molecule has 2 aliphatic rings. The van der Waals surface area contributed by atoms with Gasteiger partial charge in [0.25, 0.3) is 0 Å². The summed E-state index contributed by atoms with van der Waals surface area (Å²) in [7, 11) is -3.47. The number of aliphatic imine (C=N–C) groups is 1. The molecule has 0 amide bonds. The molecule has 2 rings (SSSR count). The lowest BCUT2D eigenvalue weighted by atomic mass is 9.97. The molecule has 2 saturated heterocycles. The minimum absolute atomic E-state index is 0. The summed E-state index contributed by atoms with van der Waals surface area (Å²) in [5.74, 6) is 2.30. The first-order valence-electron chi connectivity index (χ1n) is 9.56. The molecule has 1 atom stereocenters. The summed E-state index contributed by atoms with van der Waals surface area (Å²) in [6.45, 7) is 6.79. The van der Waals surface area contributed by atoms with Gasteiger partial charge in [0.15, 0.2) is 5.96 Å². The number of hydrogen-bond acceptors (Lipinski definition) is 3. The van der Waals surface area contributed by atoms with Gasteiger partial charge in [0.05, 0.1) is 0 Å². The average Bonchev–Trinajstić information content (AvgIpc) is 3.02. The molecule has 1 N–H and O–H groups in total. The van der Waals surface area contributed by atoms with Gasteiger partial charge in [0, 0.05) is 39.8 Å². The Labute approximate surface area is 183 Å². The Morgan fingerprint density at radius 3 is 2.21 bits per heavy atom. The predicted octanol–water partition coefficient (Wildman–Crippen LogP) is 3.11. The third-order valence-corrected chi connectivity index (χ3v) is 6.99. The van der Waals surface area contributed by atoms with Crippen LogP contribution in [0, 0.1) is 17.8 Å². The summed E-state index contributed by atoms with van der Waals surface area (Å²) in [5, 5.41) is 3.32. The lowest BCUT2D eigenvalue weighted by molar-refractivity contribution is -0.0496. The maximum atomic E-state index is 12.6.